The Morgan fingerprint density at radius 3 is 2.95 bits per heavy atom. The van der Waals surface area contributed by atoms with Crippen molar-refractivity contribution in [2.24, 2.45) is 0 Å². The Bertz CT molecular complexity index is 609. The van der Waals surface area contributed by atoms with Gasteiger partial charge in [-0.3, -0.25) is 4.79 Å². The van der Waals surface area contributed by atoms with Gasteiger partial charge in [-0.2, -0.15) is 4.72 Å². The number of sulfonamides is 1. The van der Waals surface area contributed by atoms with E-state index >= 15 is 0 Å². The van der Waals surface area contributed by atoms with Crippen LogP contribution in [0, 0.1) is 0 Å². The molecule has 8 heteroatoms. The van der Waals surface area contributed by atoms with Gasteiger partial charge in [-0.15, -0.1) is 11.3 Å². The highest BCUT2D eigenvalue weighted by Gasteiger charge is 2.22. The number of carbonyl (C=O) groups excluding carboxylic acids is 1. The molecular formula is C13H19N3O3S2. The van der Waals surface area contributed by atoms with Crippen LogP contribution in [0.3, 0.4) is 0 Å². The van der Waals surface area contributed by atoms with Crippen molar-refractivity contribution in [2.75, 3.05) is 19.6 Å². The number of hydrogen-bond acceptors (Lipinski definition) is 5. The van der Waals surface area contributed by atoms with Crippen molar-refractivity contribution in [3.05, 3.63) is 29.2 Å². The first kappa shape index (κ1) is 16.2. The zero-order valence-electron chi connectivity index (χ0n) is 11.8. The molecule has 0 saturated carbocycles. The molecule has 0 aromatic carbocycles. The highest BCUT2D eigenvalue weighted by molar-refractivity contribution is 7.91. The number of thiophene rings is 1. The molecule has 1 aliphatic heterocycles. The van der Waals surface area contributed by atoms with E-state index in [4.69, 9.17) is 0 Å². The Hall–Kier alpha value is -1.22. The van der Waals surface area contributed by atoms with E-state index in [0.29, 0.717) is 6.54 Å². The van der Waals surface area contributed by atoms with E-state index in [0.717, 1.165) is 36.4 Å². The number of carbonyl (C=O) groups is 1. The molecule has 0 spiro atoms. The van der Waals surface area contributed by atoms with Crippen LogP contribution < -0.4 is 15.4 Å². The van der Waals surface area contributed by atoms with Gasteiger partial charge in [-0.05, 0) is 31.3 Å². The lowest BCUT2D eigenvalue weighted by Gasteiger charge is -2.17. The monoisotopic (exact) mass is 329 g/mol. The summed E-state index contributed by atoms with van der Waals surface area (Å²) in [6.45, 7) is 3.72. The molecule has 6 nitrogen and oxygen atoms in total. The fraction of sp³-hybridized carbons (Fsp3) is 0.462. The lowest BCUT2D eigenvalue weighted by Crippen LogP contribution is -2.45. The summed E-state index contributed by atoms with van der Waals surface area (Å²) in [5.74, 6) is -0.324. The van der Waals surface area contributed by atoms with Crippen molar-refractivity contribution in [2.45, 2.75) is 23.6 Å². The molecule has 1 aromatic heterocycles. The van der Waals surface area contributed by atoms with E-state index in [1.54, 1.807) is 11.4 Å². The average Bonchev–Trinajstić information content (AvgIpc) is 3.00. The first-order valence-electron chi connectivity index (χ1n) is 6.71. The molecular weight excluding hydrogens is 310 g/mol. The summed E-state index contributed by atoms with van der Waals surface area (Å²) < 4.78 is 26.6. The van der Waals surface area contributed by atoms with Crippen LogP contribution in [0.2, 0.25) is 0 Å². The molecule has 0 fully saturated rings. The first-order chi connectivity index (χ1) is 9.99. The second-order valence-corrected chi connectivity index (χ2v) is 7.70. The summed E-state index contributed by atoms with van der Waals surface area (Å²) in [5.41, 5.74) is 1.16. The predicted molar refractivity (Wildman–Crippen MR) is 82.7 cm³/mol. The minimum absolute atomic E-state index is 0.211. The fourth-order valence-electron chi connectivity index (χ4n) is 1.94. The molecule has 21 heavy (non-hydrogen) atoms. The van der Waals surface area contributed by atoms with E-state index in [9.17, 15) is 13.2 Å². The van der Waals surface area contributed by atoms with E-state index in [2.05, 4.69) is 15.4 Å². The standard InChI is InChI=1S/C13H19N3O3S2/c1-10(16-21(18,19)12-3-2-8-20-12)13(17)15-9-11-4-6-14-7-5-11/h2-4,8,10,14,16H,5-7,9H2,1H3,(H,15,17). The highest BCUT2D eigenvalue weighted by atomic mass is 32.2. The van der Waals surface area contributed by atoms with E-state index < -0.39 is 16.1 Å². The Kier molecular flexibility index (Phi) is 5.51. The zero-order chi connectivity index (χ0) is 15.3. The summed E-state index contributed by atoms with van der Waals surface area (Å²) in [6.07, 6.45) is 2.94. The van der Waals surface area contributed by atoms with Gasteiger partial charge in [0.1, 0.15) is 4.21 Å². The molecule has 3 N–H and O–H groups in total. The Labute approximate surface area is 128 Å². The largest absolute Gasteiger partial charge is 0.351 e. The second-order valence-electron chi connectivity index (χ2n) is 4.81. The van der Waals surface area contributed by atoms with Crippen molar-refractivity contribution in [1.29, 1.82) is 0 Å². The molecule has 1 amide bonds. The third-order valence-electron chi connectivity index (χ3n) is 3.13. The molecule has 116 valence electrons. The molecule has 1 unspecified atom stereocenters. The maximum atomic E-state index is 12.0. The third-order valence-corrected chi connectivity index (χ3v) is 6.07. The summed E-state index contributed by atoms with van der Waals surface area (Å²) in [7, 11) is -3.62. The van der Waals surface area contributed by atoms with E-state index in [1.807, 2.05) is 6.08 Å². The molecule has 1 aliphatic rings. The third kappa shape index (κ3) is 4.63. The van der Waals surface area contributed by atoms with Crippen LogP contribution in [0.5, 0.6) is 0 Å². The van der Waals surface area contributed by atoms with Gasteiger partial charge in [0.2, 0.25) is 5.91 Å². The summed E-state index contributed by atoms with van der Waals surface area (Å²) in [4.78, 5) is 12.0. The lowest BCUT2D eigenvalue weighted by molar-refractivity contribution is -0.122. The van der Waals surface area contributed by atoms with E-state index in [-0.39, 0.29) is 10.1 Å². The molecule has 2 rings (SSSR count). The Balaban J connectivity index is 1.86. The van der Waals surface area contributed by atoms with Gasteiger partial charge in [0, 0.05) is 13.1 Å². The van der Waals surface area contributed by atoms with Gasteiger partial charge < -0.3 is 10.6 Å². The van der Waals surface area contributed by atoms with Crippen LogP contribution in [0.25, 0.3) is 0 Å². The molecule has 1 aromatic rings. The highest BCUT2D eigenvalue weighted by Crippen LogP contribution is 2.15. The van der Waals surface area contributed by atoms with Gasteiger partial charge in [0.05, 0.1) is 6.04 Å². The molecule has 0 aliphatic carbocycles. The smallest absolute Gasteiger partial charge is 0.250 e. The topological polar surface area (TPSA) is 87.3 Å². The normalized spacial score (nSPS) is 17.1. The fourth-order valence-corrected chi connectivity index (χ4v) is 4.16. The van der Waals surface area contributed by atoms with Crippen molar-refractivity contribution in [3.63, 3.8) is 0 Å². The maximum absolute atomic E-state index is 12.0. The van der Waals surface area contributed by atoms with Crippen LogP contribution in [-0.2, 0) is 14.8 Å². The van der Waals surface area contributed by atoms with Crippen molar-refractivity contribution >= 4 is 27.3 Å². The molecule has 0 bridgehead atoms. The van der Waals surface area contributed by atoms with Crippen LogP contribution >= 0.6 is 11.3 Å². The van der Waals surface area contributed by atoms with Gasteiger partial charge in [-0.1, -0.05) is 17.7 Å². The zero-order valence-corrected chi connectivity index (χ0v) is 13.4. The minimum Gasteiger partial charge on any atom is -0.351 e. The first-order valence-corrected chi connectivity index (χ1v) is 9.07. The average molecular weight is 329 g/mol. The second kappa shape index (κ2) is 7.17. The van der Waals surface area contributed by atoms with Crippen molar-refractivity contribution in [3.8, 4) is 0 Å². The van der Waals surface area contributed by atoms with Gasteiger partial charge in [0.25, 0.3) is 10.0 Å². The molecule has 0 radical (unpaired) electrons. The van der Waals surface area contributed by atoms with Gasteiger partial charge in [0.15, 0.2) is 0 Å². The Morgan fingerprint density at radius 1 is 1.52 bits per heavy atom. The number of rotatable bonds is 6. The van der Waals surface area contributed by atoms with Crippen molar-refractivity contribution < 1.29 is 13.2 Å². The van der Waals surface area contributed by atoms with Gasteiger partial charge >= 0.3 is 0 Å². The number of hydrogen-bond donors (Lipinski definition) is 3. The maximum Gasteiger partial charge on any atom is 0.250 e. The summed E-state index contributed by atoms with van der Waals surface area (Å²) in [6, 6.07) is 2.37. The van der Waals surface area contributed by atoms with Crippen molar-refractivity contribution in [1.82, 2.24) is 15.4 Å². The van der Waals surface area contributed by atoms with Crippen LogP contribution in [0.4, 0.5) is 0 Å². The molecule has 2 heterocycles. The molecule has 1 atom stereocenters. The van der Waals surface area contributed by atoms with Crippen LogP contribution in [-0.4, -0.2) is 40.0 Å². The Morgan fingerprint density at radius 2 is 2.33 bits per heavy atom. The predicted octanol–water partition coefficient (Wildman–Crippen LogP) is 0.451. The van der Waals surface area contributed by atoms with Crippen LogP contribution in [0.1, 0.15) is 13.3 Å². The summed E-state index contributed by atoms with van der Waals surface area (Å²) in [5, 5.41) is 7.64. The quantitative estimate of drug-likeness (QED) is 0.661. The number of amides is 1. The minimum atomic E-state index is -3.62. The van der Waals surface area contributed by atoms with E-state index in [1.165, 1.54) is 13.0 Å². The lowest BCUT2D eigenvalue weighted by atomic mass is 10.1. The SMILES string of the molecule is CC(NS(=O)(=O)c1cccs1)C(=O)NCC1=CCNCC1. The number of nitrogens with one attached hydrogen (secondary N) is 3. The molecule has 0 saturated heterocycles. The summed E-state index contributed by atoms with van der Waals surface area (Å²) >= 11 is 1.12. The van der Waals surface area contributed by atoms with Crippen LogP contribution in [0.15, 0.2) is 33.4 Å². The van der Waals surface area contributed by atoms with Gasteiger partial charge in [-0.25, -0.2) is 8.42 Å².